The fourth-order valence-corrected chi connectivity index (χ4v) is 5.02. The third-order valence-corrected chi connectivity index (χ3v) is 6.87. The molecule has 0 saturated carbocycles. The molecule has 11 heteroatoms. The first-order valence-electron chi connectivity index (χ1n) is 7.95. The molecule has 1 N–H and O–H groups in total. The number of benzene rings is 1. The van der Waals surface area contributed by atoms with E-state index >= 15 is 0 Å². The van der Waals surface area contributed by atoms with Crippen molar-refractivity contribution in [2.75, 3.05) is 13.2 Å². The summed E-state index contributed by atoms with van der Waals surface area (Å²) in [6.45, 7) is 3.33. The summed E-state index contributed by atoms with van der Waals surface area (Å²) in [4.78, 5) is 24.4. The molecule has 6 nitrogen and oxygen atoms in total. The second-order valence-electron chi connectivity index (χ2n) is 6.11. The molecule has 0 atom stereocenters. The summed E-state index contributed by atoms with van der Waals surface area (Å²) < 4.78 is 32.7. The molecule has 2 rings (SSSR count). The van der Waals surface area contributed by atoms with Crippen molar-refractivity contribution in [3.63, 3.8) is 0 Å². The highest BCUT2D eigenvalue weighted by atomic mass is 35.5. The van der Waals surface area contributed by atoms with Gasteiger partial charge in [0.05, 0.1) is 24.8 Å². The van der Waals surface area contributed by atoms with Crippen LogP contribution in [0.5, 0.6) is 0 Å². The minimum Gasteiger partial charge on any atom is -0.454 e. The van der Waals surface area contributed by atoms with Crippen LogP contribution in [0, 0.1) is 5.92 Å². The number of thiophene rings is 1. The molecule has 1 aromatic heterocycles. The van der Waals surface area contributed by atoms with Gasteiger partial charge < -0.3 is 4.74 Å². The van der Waals surface area contributed by atoms with E-state index in [2.05, 4.69) is 4.72 Å². The highest BCUT2D eigenvalue weighted by Crippen LogP contribution is 2.29. The van der Waals surface area contributed by atoms with Gasteiger partial charge in [0.2, 0.25) is 15.8 Å². The van der Waals surface area contributed by atoms with Gasteiger partial charge in [-0.15, -0.1) is 11.3 Å². The van der Waals surface area contributed by atoms with Crippen LogP contribution in [0.4, 0.5) is 0 Å². The number of esters is 1. The molecule has 0 spiro atoms. The SMILES string of the molecule is CC(C)CNS(=O)(=O)c1cc(C(=O)OCC(=O)c2ccc(Cl)s2)c(Cl)cc1Cl. The molecule has 0 aliphatic rings. The number of nitrogens with one attached hydrogen (secondary N) is 1. The molecule has 0 amide bonds. The number of rotatable bonds is 8. The van der Waals surface area contributed by atoms with Crippen molar-refractivity contribution in [3.8, 4) is 0 Å². The minimum absolute atomic E-state index is 0.0713. The van der Waals surface area contributed by atoms with Gasteiger partial charge in [0.1, 0.15) is 4.90 Å². The summed E-state index contributed by atoms with van der Waals surface area (Å²) in [5.74, 6) is -1.32. The van der Waals surface area contributed by atoms with Crippen LogP contribution in [0.3, 0.4) is 0 Å². The lowest BCUT2D eigenvalue weighted by atomic mass is 10.2. The predicted octanol–water partition coefficient (Wildman–Crippen LogP) is 4.68. The number of halogens is 3. The van der Waals surface area contributed by atoms with Gasteiger partial charge in [-0.25, -0.2) is 17.9 Å². The summed E-state index contributed by atoms with van der Waals surface area (Å²) in [7, 11) is -3.96. The Bertz CT molecular complexity index is 1000. The van der Waals surface area contributed by atoms with E-state index in [1.54, 1.807) is 6.07 Å². The van der Waals surface area contributed by atoms with Gasteiger partial charge in [-0.1, -0.05) is 48.7 Å². The number of hydrogen-bond donors (Lipinski definition) is 1. The number of hydrogen-bond acceptors (Lipinski definition) is 6. The van der Waals surface area contributed by atoms with Gasteiger partial charge in [0, 0.05) is 6.54 Å². The Morgan fingerprint density at radius 2 is 1.82 bits per heavy atom. The normalized spacial score (nSPS) is 11.6. The molecule has 0 radical (unpaired) electrons. The van der Waals surface area contributed by atoms with E-state index in [1.165, 1.54) is 6.07 Å². The molecule has 152 valence electrons. The lowest BCUT2D eigenvalue weighted by molar-refractivity contribution is 0.0475. The molecule has 0 saturated heterocycles. The van der Waals surface area contributed by atoms with Crippen molar-refractivity contribution in [2.45, 2.75) is 18.7 Å². The summed E-state index contributed by atoms with van der Waals surface area (Å²) in [5.41, 5.74) is -0.215. The molecule has 1 heterocycles. The lowest BCUT2D eigenvalue weighted by Crippen LogP contribution is -2.28. The first-order chi connectivity index (χ1) is 13.0. The smallest absolute Gasteiger partial charge is 0.340 e. The van der Waals surface area contributed by atoms with Crippen LogP contribution in [-0.4, -0.2) is 33.3 Å². The molecule has 0 aliphatic carbocycles. The zero-order valence-electron chi connectivity index (χ0n) is 14.8. The van der Waals surface area contributed by atoms with Crippen LogP contribution < -0.4 is 4.72 Å². The Morgan fingerprint density at radius 1 is 1.14 bits per heavy atom. The number of ether oxygens (including phenoxy) is 1. The van der Waals surface area contributed by atoms with Crippen LogP contribution in [0.1, 0.15) is 33.9 Å². The lowest BCUT2D eigenvalue weighted by Gasteiger charge is -2.12. The van der Waals surface area contributed by atoms with E-state index in [9.17, 15) is 18.0 Å². The van der Waals surface area contributed by atoms with E-state index in [0.29, 0.717) is 9.21 Å². The van der Waals surface area contributed by atoms with Crippen molar-refractivity contribution >= 4 is 67.9 Å². The molecular formula is C17H16Cl3NO5S2. The molecular weight excluding hydrogens is 469 g/mol. The van der Waals surface area contributed by atoms with Crippen LogP contribution in [0.25, 0.3) is 0 Å². The van der Waals surface area contributed by atoms with E-state index in [1.807, 2.05) is 13.8 Å². The number of carbonyl (C=O) groups is 2. The van der Waals surface area contributed by atoms with E-state index in [0.717, 1.165) is 23.5 Å². The van der Waals surface area contributed by atoms with Gasteiger partial charge in [0.25, 0.3) is 0 Å². The molecule has 1 aromatic carbocycles. The van der Waals surface area contributed by atoms with Crippen molar-refractivity contribution < 1.29 is 22.7 Å². The van der Waals surface area contributed by atoms with Gasteiger partial charge >= 0.3 is 5.97 Å². The zero-order valence-corrected chi connectivity index (χ0v) is 18.7. The summed E-state index contributed by atoms with van der Waals surface area (Å²) in [6, 6.07) is 5.24. The maximum atomic E-state index is 12.4. The number of Topliss-reactive ketones (excluding diaryl/α,β-unsaturated/α-hetero) is 1. The Morgan fingerprint density at radius 3 is 2.39 bits per heavy atom. The van der Waals surface area contributed by atoms with E-state index in [-0.39, 0.29) is 33.0 Å². The molecule has 0 bridgehead atoms. The second-order valence-corrected chi connectivity index (χ2v) is 10.4. The van der Waals surface area contributed by atoms with Crippen LogP contribution in [-0.2, 0) is 14.8 Å². The standard InChI is InChI=1S/C17H16Cl3NO5S2/c1-9(2)7-21-28(24,25)15-5-10(11(18)6-12(15)19)17(23)26-8-13(22)14-3-4-16(20)27-14/h3-6,9,21H,7-8H2,1-2H3. The highest BCUT2D eigenvalue weighted by Gasteiger charge is 2.24. The summed E-state index contributed by atoms with van der Waals surface area (Å²) in [5, 5.41) is -0.230. The Labute approximate surface area is 181 Å². The fraction of sp³-hybridized carbons (Fsp3) is 0.294. The van der Waals surface area contributed by atoms with Crippen LogP contribution >= 0.6 is 46.1 Å². The van der Waals surface area contributed by atoms with Crippen molar-refractivity contribution in [1.29, 1.82) is 0 Å². The third kappa shape index (κ3) is 5.92. The average molecular weight is 485 g/mol. The summed E-state index contributed by atoms with van der Waals surface area (Å²) in [6.07, 6.45) is 0. The monoisotopic (exact) mass is 483 g/mol. The van der Waals surface area contributed by atoms with Crippen LogP contribution in [0.15, 0.2) is 29.2 Å². The van der Waals surface area contributed by atoms with Gasteiger partial charge in [-0.2, -0.15) is 0 Å². The van der Waals surface area contributed by atoms with Gasteiger partial charge in [0.15, 0.2) is 6.61 Å². The number of sulfonamides is 1. The zero-order chi connectivity index (χ0) is 21.1. The molecule has 0 fully saturated rings. The maximum absolute atomic E-state index is 12.4. The minimum atomic E-state index is -3.96. The Balaban J connectivity index is 2.20. The van der Waals surface area contributed by atoms with E-state index in [4.69, 9.17) is 39.5 Å². The number of ketones is 1. The van der Waals surface area contributed by atoms with Gasteiger partial charge in [-0.3, -0.25) is 4.79 Å². The third-order valence-electron chi connectivity index (χ3n) is 3.39. The number of carbonyl (C=O) groups excluding carboxylic acids is 2. The van der Waals surface area contributed by atoms with Gasteiger partial charge in [-0.05, 0) is 30.2 Å². The first kappa shape index (κ1) is 23.1. The molecule has 2 aromatic rings. The summed E-state index contributed by atoms with van der Waals surface area (Å²) >= 11 is 18.8. The van der Waals surface area contributed by atoms with Crippen molar-refractivity contribution in [3.05, 3.63) is 49.1 Å². The molecule has 28 heavy (non-hydrogen) atoms. The Hall–Kier alpha value is -1.16. The average Bonchev–Trinajstić information content (AvgIpc) is 3.04. The largest absolute Gasteiger partial charge is 0.454 e. The topological polar surface area (TPSA) is 89.5 Å². The van der Waals surface area contributed by atoms with Crippen molar-refractivity contribution in [1.82, 2.24) is 4.72 Å². The quantitative estimate of drug-likeness (QED) is 0.434. The van der Waals surface area contributed by atoms with Crippen molar-refractivity contribution in [2.24, 2.45) is 5.92 Å². The van der Waals surface area contributed by atoms with E-state index < -0.39 is 28.4 Å². The molecule has 0 aliphatic heterocycles. The molecule has 0 unspecified atom stereocenters. The predicted molar refractivity (Wildman–Crippen MR) is 110 cm³/mol. The fourth-order valence-electron chi connectivity index (χ4n) is 1.99. The second kappa shape index (κ2) is 9.56. The Kier molecular flexibility index (Phi) is 7.89. The highest BCUT2D eigenvalue weighted by molar-refractivity contribution is 7.89. The maximum Gasteiger partial charge on any atom is 0.340 e. The first-order valence-corrected chi connectivity index (χ1v) is 11.4. The van der Waals surface area contributed by atoms with Crippen LogP contribution in [0.2, 0.25) is 14.4 Å².